The van der Waals surface area contributed by atoms with Crippen LogP contribution in [0.25, 0.3) is 0 Å². The van der Waals surface area contributed by atoms with Gasteiger partial charge in [0.05, 0.1) is 23.4 Å². The molecule has 9 heteroatoms. The van der Waals surface area contributed by atoms with Crippen LogP contribution in [-0.2, 0) is 16.6 Å². The molecule has 0 radical (unpaired) electrons. The van der Waals surface area contributed by atoms with E-state index in [1.54, 1.807) is 30.3 Å². The number of nitrogens with one attached hydrogen (secondary N) is 1. The second-order valence-electron chi connectivity index (χ2n) is 7.47. The molecule has 0 unspecified atom stereocenters. The summed E-state index contributed by atoms with van der Waals surface area (Å²) in [6.45, 7) is 3.85. The summed E-state index contributed by atoms with van der Waals surface area (Å²) in [7, 11) is -3.54. The Bertz CT molecular complexity index is 1250. The molecule has 0 aliphatic heterocycles. The third-order valence-electron chi connectivity index (χ3n) is 4.95. The Kier molecular flexibility index (Phi) is 6.59. The molecule has 0 bridgehead atoms. The Labute approximate surface area is 186 Å². The van der Waals surface area contributed by atoms with Crippen molar-refractivity contribution in [3.8, 4) is 0 Å². The molecule has 0 atom stereocenters. The van der Waals surface area contributed by atoms with Crippen LogP contribution in [0, 0.1) is 24.0 Å². The molecular weight excluding hydrogens is 430 g/mol. The van der Waals surface area contributed by atoms with Crippen LogP contribution in [0.15, 0.2) is 66.7 Å². The highest BCUT2D eigenvalue weighted by Gasteiger charge is 2.21. The average molecular weight is 454 g/mol. The molecule has 32 heavy (non-hydrogen) atoms. The minimum absolute atomic E-state index is 0.120. The number of carbonyl (C=O) groups is 1. The summed E-state index contributed by atoms with van der Waals surface area (Å²) >= 11 is 0. The second kappa shape index (κ2) is 9.19. The van der Waals surface area contributed by atoms with Crippen LogP contribution >= 0.6 is 0 Å². The molecule has 3 rings (SSSR count). The Balaban J connectivity index is 1.80. The normalized spacial score (nSPS) is 11.1. The summed E-state index contributed by atoms with van der Waals surface area (Å²) in [5.74, 6) is -0.424. The summed E-state index contributed by atoms with van der Waals surface area (Å²) < 4.78 is 26.4. The zero-order valence-electron chi connectivity index (χ0n) is 17.9. The van der Waals surface area contributed by atoms with Crippen molar-refractivity contribution in [2.75, 3.05) is 15.9 Å². The van der Waals surface area contributed by atoms with Gasteiger partial charge in [0.15, 0.2) is 0 Å². The zero-order valence-corrected chi connectivity index (χ0v) is 18.7. The van der Waals surface area contributed by atoms with E-state index in [-0.39, 0.29) is 12.2 Å². The van der Waals surface area contributed by atoms with Crippen LogP contribution in [-0.4, -0.2) is 25.5 Å². The highest BCUT2D eigenvalue weighted by molar-refractivity contribution is 7.92. The summed E-state index contributed by atoms with van der Waals surface area (Å²) in [6, 6.07) is 17.8. The fourth-order valence-corrected chi connectivity index (χ4v) is 4.39. The number of hydrogen-bond acceptors (Lipinski definition) is 5. The first kappa shape index (κ1) is 23.0. The minimum atomic E-state index is -3.54. The van der Waals surface area contributed by atoms with Crippen molar-refractivity contribution in [3.05, 3.63) is 99.1 Å². The van der Waals surface area contributed by atoms with Gasteiger partial charge in [-0.15, -0.1) is 0 Å². The number of carbonyl (C=O) groups excluding carboxylic acids is 1. The number of aryl methyl sites for hydroxylation is 2. The molecule has 8 nitrogen and oxygen atoms in total. The van der Waals surface area contributed by atoms with E-state index >= 15 is 0 Å². The van der Waals surface area contributed by atoms with Gasteiger partial charge < -0.3 is 5.32 Å². The van der Waals surface area contributed by atoms with Gasteiger partial charge in [0.2, 0.25) is 10.0 Å². The fraction of sp³-hybridized carbons (Fsp3) is 0.174. The standard InChI is InChI=1S/C23H23N3O5S/c1-16-6-4-7-17(2)22(16)25(32(3,30)31)15-18-10-12-19(13-11-18)23(27)24-20-8-5-9-21(14-20)26(28)29/h4-14H,15H2,1-3H3,(H,24,27). The molecule has 0 fully saturated rings. The van der Waals surface area contributed by atoms with Gasteiger partial charge >= 0.3 is 0 Å². The number of hydrogen-bond donors (Lipinski definition) is 1. The number of amides is 1. The first-order valence-corrected chi connectivity index (χ1v) is 11.6. The fourth-order valence-electron chi connectivity index (χ4n) is 3.39. The van der Waals surface area contributed by atoms with E-state index in [2.05, 4.69) is 5.32 Å². The lowest BCUT2D eigenvalue weighted by atomic mass is 10.1. The van der Waals surface area contributed by atoms with Crippen molar-refractivity contribution in [1.29, 1.82) is 0 Å². The highest BCUT2D eigenvalue weighted by atomic mass is 32.2. The number of nitro benzene ring substituents is 1. The molecule has 1 amide bonds. The van der Waals surface area contributed by atoms with E-state index in [0.29, 0.717) is 22.5 Å². The summed E-state index contributed by atoms with van der Waals surface area (Å²) in [5, 5.41) is 13.5. The van der Waals surface area contributed by atoms with Crippen molar-refractivity contribution in [3.63, 3.8) is 0 Å². The largest absolute Gasteiger partial charge is 0.322 e. The third kappa shape index (κ3) is 5.30. The van der Waals surface area contributed by atoms with Crippen LogP contribution in [0.3, 0.4) is 0 Å². The van der Waals surface area contributed by atoms with Crippen molar-refractivity contribution in [2.45, 2.75) is 20.4 Å². The molecule has 3 aromatic rings. The molecule has 0 saturated heterocycles. The van der Waals surface area contributed by atoms with Gasteiger partial charge in [-0.1, -0.05) is 36.4 Å². The SMILES string of the molecule is Cc1cccc(C)c1N(Cc1ccc(C(=O)Nc2cccc([N+](=O)[O-])c2)cc1)S(C)(=O)=O. The Hall–Kier alpha value is -3.72. The number of sulfonamides is 1. The molecule has 3 aromatic carbocycles. The van der Waals surface area contributed by atoms with Crippen molar-refractivity contribution in [1.82, 2.24) is 0 Å². The van der Waals surface area contributed by atoms with Crippen LogP contribution in [0.5, 0.6) is 0 Å². The molecule has 1 N–H and O–H groups in total. The predicted octanol–water partition coefficient (Wildman–Crippen LogP) is 4.43. The molecule has 0 aliphatic carbocycles. The van der Waals surface area contributed by atoms with Crippen molar-refractivity contribution < 1.29 is 18.1 Å². The lowest BCUT2D eigenvalue weighted by Crippen LogP contribution is -2.30. The van der Waals surface area contributed by atoms with E-state index in [4.69, 9.17) is 0 Å². The number of para-hydroxylation sites is 1. The highest BCUT2D eigenvalue weighted by Crippen LogP contribution is 2.28. The first-order chi connectivity index (χ1) is 15.1. The van der Waals surface area contributed by atoms with Crippen LogP contribution in [0.1, 0.15) is 27.0 Å². The van der Waals surface area contributed by atoms with Gasteiger partial charge in [-0.25, -0.2) is 8.42 Å². The van der Waals surface area contributed by atoms with Gasteiger partial charge in [-0.05, 0) is 48.7 Å². The Morgan fingerprint density at radius 1 is 1.00 bits per heavy atom. The minimum Gasteiger partial charge on any atom is -0.322 e. The first-order valence-electron chi connectivity index (χ1n) is 9.75. The van der Waals surface area contributed by atoms with Gasteiger partial charge in [-0.2, -0.15) is 0 Å². The van der Waals surface area contributed by atoms with Crippen molar-refractivity contribution in [2.24, 2.45) is 0 Å². The van der Waals surface area contributed by atoms with E-state index in [0.717, 1.165) is 11.1 Å². The monoisotopic (exact) mass is 453 g/mol. The van der Waals surface area contributed by atoms with Crippen LogP contribution < -0.4 is 9.62 Å². The van der Waals surface area contributed by atoms with Gasteiger partial charge in [0, 0.05) is 23.4 Å². The topological polar surface area (TPSA) is 110 Å². The molecule has 166 valence electrons. The number of nitrogens with zero attached hydrogens (tertiary/aromatic N) is 2. The maximum Gasteiger partial charge on any atom is 0.271 e. The van der Waals surface area contributed by atoms with E-state index in [9.17, 15) is 23.3 Å². The smallest absolute Gasteiger partial charge is 0.271 e. The van der Waals surface area contributed by atoms with Crippen LogP contribution in [0.2, 0.25) is 0 Å². The van der Waals surface area contributed by atoms with E-state index < -0.39 is 20.9 Å². The summed E-state index contributed by atoms with van der Waals surface area (Å²) in [6.07, 6.45) is 1.17. The number of anilines is 2. The molecule has 0 saturated carbocycles. The molecular formula is C23H23N3O5S. The Morgan fingerprint density at radius 2 is 1.59 bits per heavy atom. The lowest BCUT2D eigenvalue weighted by Gasteiger charge is -2.26. The average Bonchev–Trinajstić information content (AvgIpc) is 2.72. The van der Waals surface area contributed by atoms with Gasteiger partial charge in [0.1, 0.15) is 0 Å². The maximum atomic E-state index is 12.5. The lowest BCUT2D eigenvalue weighted by molar-refractivity contribution is -0.384. The summed E-state index contributed by atoms with van der Waals surface area (Å²) in [4.78, 5) is 22.9. The van der Waals surface area contributed by atoms with E-state index in [1.165, 1.54) is 28.8 Å². The molecule has 0 spiro atoms. The Morgan fingerprint density at radius 3 is 2.16 bits per heavy atom. The predicted molar refractivity (Wildman–Crippen MR) is 124 cm³/mol. The molecule has 0 aliphatic rings. The second-order valence-corrected chi connectivity index (χ2v) is 9.38. The molecule has 0 aromatic heterocycles. The number of benzene rings is 3. The third-order valence-corrected chi connectivity index (χ3v) is 6.06. The number of rotatable bonds is 7. The summed E-state index contributed by atoms with van der Waals surface area (Å²) in [5.41, 5.74) is 3.59. The number of non-ortho nitro benzene ring substituents is 1. The van der Waals surface area contributed by atoms with Gasteiger partial charge in [0.25, 0.3) is 11.6 Å². The maximum absolute atomic E-state index is 12.5. The van der Waals surface area contributed by atoms with E-state index in [1.807, 2.05) is 32.0 Å². The number of nitro groups is 1. The van der Waals surface area contributed by atoms with Gasteiger partial charge in [-0.3, -0.25) is 19.2 Å². The van der Waals surface area contributed by atoms with Crippen LogP contribution in [0.4, 0.5) is 17.1 Å². The molecule has 0 heterocycles. The zero-order chi connectivity index (χ0) is 23.5. The quantitative estimate of drug-likeness (QED) is 0.420. The van der Waals surface area contributed by atoms with Crippen molar-refractivity contribution >= 4 is 33.0 Å².